The number of carbonyl (C=O) groups excluding carboxylic acids is 1. The molecule has 0 N–H and O–H groups in total. The first-order valence-electron chi connectivity index (χ1n) is 10.4. The number of aromatic nitrogens is 2. The smallest absolute Gasteiger partial charge is 0.419 e. The number of halogens is 4. The van der Waals surface area contributed by atoms with Gasteiger partial charge in [-0.2, -0.15) is 18.3 Å². The van der Waals surface area contributed by atoms with E-state index < -0.39 is 35.2 Å². The lowest BCUT2D eigenvalue weighted by atomic mass is 9.89. The molecule has 0 radical (unpaired) electrons. The first-order chi connectivity index (χ1) is 14.4. The van der Waals surface area contributed by atoms with Crippen molar-refractivity contribution in [1.29, 1.82) is 0 Å². The van der Waals surface area contributed by atoms with Crippen LogP contribution in [0.25, 0.3) is 5.69 Å². The summed E-state index contributed by atoms with van der Waals surface area (Å²) in [6.07, 6.45) is -3.78. The molecule has 1 amide bonds. The van der Waals surface area contributed by atoms with Crippen molar-refractivity contribution in [3.05, 3.63) is 46.5 Å². The number of hydrogen-bond donors (Lipinski definition) is 0. The number of likely N-dealkylation sites (tertiary alicyclic amines) is 1. The molecule has 1 fully saturated rings. The topological polar surface area (TPSA) is 47.4 Å². The Balaban J connectivity index is 1.63. The molecule has 3 heterocycles. The monoisotopic (exact) mass is 439 g/mol. The summed E-state index contributed by atoms with van der Waals surface area (Å²) >= 11 is 0. The lowest BCUT2D eigenvalue weighted by Crippen LogP contribution is -2.41. The molecule has 1 aromatic heterocycles. The highest BCUT2D eigenvalue weighted by molar-refractivity contribution is 5.68. The van der Waals surface area contributed by atoms with Crippen molar-refractivity contribution in [2.24, 2.45) is 0 Å². The summed E-state index contributed by atoms with van der Waals surface area (Å²) in [4.78, 5) is 13.8. The lowest BCUT2D eigenvalue weighted by molar-refractivity contribution is -0.139. The lowest BCUT2D eigenvalue weighted by Gasteiger charge is -2.33. The third kappa shape index (κ3) is 4.27. The van der Waals surface area contributed by atoms with E-state index in [4.69, 9.17) is 4.74 Å². The van der Waals surface area contributed by atoms with E-state index in [0.717, 1.165) is 0 Å². The predicted molar refractivity (Wildman–Crippen MR) is 106 cm³/mol. The van der Waals surface area contributed by atoms with Gasteiger partial charge in [0.2, 0.25) is 0 Å². The number of carbonyl (C=O) groups is 1. The Hall–Kier alpha value is -2.58. The van der Waals surface area contributed by atoms with Crippen LogP contribution in [0.1, 0.15) is 62.0 Å². The SMILES string of the molecule is CC(C)(C)OC(=O)N1CCC(c2nn3c(c2C(F)(F)F)CCc2cc(F)ccc2-3)CC1. The van der Waals surface area contributed by atoms with E-state index in [2.05, 4.69) is 5.10 Å². The zero-order valence-corrected chi connectivity index (χ0v) is 17.7. The summed E-state index contributed by atoms with van der Waals surface area (Å²) in [6.45, 7) is 5.92. The van der Waals surface area contributed by atoms with E-state index in [-0.39, 0.29) is 17.8 Å². The highest BCUT2D eigenvalue weighted by Gasteiger charge is 2.43. The summed E-state index contributed by atoms with van der Waals surface area (Å²) in [5.41, 5.74) is -0.0359. The van der Waals surface area contributed by atoms with Crippen molar-refractivity contribution < 1.29 is 27.1 Å². The standard InChI is InChI=1S/C22H25F4N3O2/c1-21(2,3)31-20(30)28-10-8-13(9-11-28)19-18(22(24,25)26)17-6-4-14-12-15(23)5-7-16(14)29(17)27-19/h5,7,12-13H,4,6,8-11H2,1-3H3. The maximum Gasteiger partial charge on any atom is 0.419 e. The van der Waals surface area contributed by atoms with E-state index in [9.17, 15) is 22.4 Å². The summed E-state index contributed by atoms with van der Waals surface area (Å²) in [5, 5.41) is 4.38. The molecule has 0 aliphatic carbocycles. The van der Waals surface area contributed by atoms with Gasteiger partial charge in [0, 0.05) is 19.0 Å². The molecular formula is C22H25F4N3O2. The van der Waals surface area contributed by atoms with Gasteiger partial charge in [0.15, 0.2) is 0 Å². The van der Waals surface area contributed by atoms with Crippen molar-refractivity contribution >= 4 is 6.09 Å². The quantitative estimate of drug-likeness (QED) is 0.571. The normalized spacial score (nSPS) is 17.3. The van der Waals surface area contributed by atoms with Gasteiger partial charge in [-0.15, -0.1) is 0 Å². The van der Waals surface area contributed by atoms with E-state index in [0.29, 0.717) is 43.6 Å². The van der Waals surface area contributed by atoms with Gasteiger partial charge in [0.05, 0.1) is 17.1 Å². The Morgan fingerprint density at radius 3 is 2.42 bits per heavy atom. The van der Waals surface area contributed by atoms with Crippen LogP contribution < -0.4 is 0 Å². The van der Waals surface area contributed by atoms with Crippen LogP contribution in [0.5, 0.6) is 0 Å². The van der Waals surface area contributed by atoms with Crippen molar-refractivity contribution in [2.75, 3.05) is 13.1 Å². The van der Waals surface area contributed by atoms with Gasteiger partial charge in [-0.25, -0.2) is 13.9 Å². The summed E-state index contributed by atoms with van der Waals surface area (Å²) in [7, 11) is 0. The number of benzene rings is 1. The fraction of sp³-hybridized carbons (Fsp3) is 0.545. The molecule has 31 heavy (non-hydrogen) atoms. The number of aryl methyl sites for hydroxylation is 1. The van der Waals surface area contributed by atoms with Crippen LogP contribution in [-0.4, -0.2) is 39.5 Å². The molecule has 0 spiro atoms. The summed E-state index contributed by atoms with van der Waals surface area (Å²) in [6, 6.07) is 4.07. The van der Waals surface area contributed by atoms with Crippen molar-refractivity contribution in [3.8, 4) is 5.69 Å². The van der Waals surface area contributed by atoms with Crippen LogP contribution in [0.15, 0.2) is 18.2 Å². The molecule has 2 aliphatic rings. The van der Waals surface area contributed by atoms with Crippen molar-refractivity contribution in [1.82, 2.24) is 14.7 Å². The maximum atomic E-state index is 14.1. The third-order valence-corrected chi connectivity index (χ3v) is 5.73. The molecule has 2 aromatic rings. The molecule has 9 heteroatoms. The second-order valence-electron chi connectivity index (χ2n) is 9.13. The Labute approximate surface area is 178 Å². The highest BCUT2D eigenvalue weighted by Crippen LogP contribution is 2.43. The maximum absolute atomic E-state index is 14.1. The number of piperidine rings is 1. The van der Waals surface area contributed by atoms with E-state index >= 15 is 0 Å². The molecular weight excluding hydrogens is 414 g/mol. The number of nitrogens with zero attached hydrogens (tertiary/aromatic N) is 3. The largest absolute Gasteiger partial charge is 0.444 e. The van der Waals surface area contributed by atoms with Gasteiger partial charge in [0.1, 0.15) is 17.0 Å². The molecule has 1 aromatic carbocycles. The van der Waals surface area contributed by atoms with Crippen LogP contribution in [0.2, 0.25) is 0 Å². The molecule has 1 saturated heterocycles. The summed E-state index contributed by atoms with van der Waals surface area (Å²) < 4.78 is 62.5. The molecule has 0 saturated carbocycles. The Kier molecular flexibility index (Phi) is 5.26. The number of ether oxygens (including phenoxy) is 1. The molecule has 0 bridgehead atoms. The average Bonchev–Trinajstić information content (AvgIpc) is 3.07. The fourth-order valence-corrected chi connectivity index (χ4v) is 4.37. The van der Waals surface area contributed by atoms with Crippen LogP contribution in [0.3, 0.4) is 0 Å². The number of amides is 1. The Bertz CT molecular complexity index is 999. The van der Waals surface area contributed by atoms with Crippen molar-refractivity contribution in [2.45, 2.75) is 64.1 Å². The van der Waals surface area contributed by atoms with Gasteiger partial charge in [-0.05, 0) is 70.2 Å². The molecule has 5 nitrogen and oxygen atoms in total. The van der Waals surface area contributed by atoms with Crippen LogP contribution in [0.4, 0.5) is 22.4 Å². The Morgan fingerprint density at radius 2 is 1.81 bits per heavy atom. The van der Waals surface area contributed by atoms with Gasteiger partial charge in [-0.1, -0.05) is 0 Å². The van der Waals surface area contributed by atoms with Gasteiger partial charge in [0.25, 0.3) is 0 Å². The third-order valence-electron chi connectivity index (χ3n) is 5.73. The number of alkyl halides is 3. The van der Waals surface area contributed by atoms with Gasteiger partial charge < -0.3 is 9.64 Å². The zero-order valence-electron chi connectivity index (χ0n) is 17.7. The van der Waals surface area contributed by atoms with E-state index in [1.807, 2.05) is 0 Å². The fourth-order valence-electron chi connectivity index (χ4n) is 4.37. The second kappa shape index (κ2) is 7.53. The minimum absolute atomic E-state index is 0.0171. The zero-order chi connectivity index (χ0) is 22.6. The van der Waals surface area contributed by atoms with Crippen LogP contribution in [0, 0.1) is 5.82 Å². The molecule has 0 unspecified atom stereocenters. The molecule has 0 atom stereocenters. The molecule has 2 aliphatic heterocycles. The molecule has 4 rings (SSSR count). The van der Waals surface area contributed by atoms with Crippen molar-refractivity contribution in [3.63, 3.8) is 0 Å². The number of hydrogen-bond acceptors (Lipinski definition) is 3. The van der Waals surface area contributed by atoms with Crippen LogP contribution in [-0.2, 0) is 23.8 Å². The van der Waals surface area contributed by atoms with Crippen LogP contribution >= 0.6 is 0 Å². The molecule has 168 valence electrons. The Morgan fingerprint density at radius 1 is 1.13 bits per heavy atom. The number of rotatable bonds is 1. The van der Waals surface area contributed by atoms with E-state index in [1.165, 1.54) is 27.8 Å². The predicted octanol–water partition coefficient (Wildman–Crippen LogP) is 5.24. The summed E-state index contributed by atoms with van der Waals surface area (Å²) in [5.74, 6) is -0.836. The first-order valence-corrected chi connectivity index (χ1v) is 10.4. The minimum Gasteiger partial charge on any atom is -0.444 e. The minimum atomic E-state index is -4.54. The van der Waals surface area contributed by atoms with Gasteiger partial charge >= 0.3 is 12.3 Å². The second-order valence-corrected chi connectivity index (χ2v) is 9.13. The number of fused-ring (bicyclic) bond motifs is 3. The van der Waals surface area contributed by atoms with Gasteiger partial charge in [-0.3, -0.25) is 0 Å². The first kappa shape index (κ1) is 21.6. The average molecular weight is 439 g/mol. The van der Waals surface area contributed by atoms with E-state index in [1.54, 1.807) is 20.8 Å². The highest BCUT2D eigenvalue weighted by atomic mass is 19.4.